The second-order valence-corrected chi connectivity index (χ2v) is 7.97. The Morgan fingerprint density at radius 1 is 1.11 bits per heavy atom. The molecule has 0 radical (unpaired) electrons. The molecular weight excluding hydrogens is 411 g/mol. The lowest BCUT2D eigenvalue weighted by atomic mass is 10.2. The monoisotopic (exact) mass is 426 g/mol. The van der Waals surface area contributed by atoms with Gasteiger partial charge in [0.2, 0.25) is 0 Å². The minimum atomic E-state index is -3.82. The fraction of sp³-hybridized carbons (Fsp3) is 0.176. The maximum Gasteiger partial charge on any atom is 0.264 e. The lowest BCUT2D eigenvalue weighted by molar-refractivity contribution is 0.340. The fourth-order valence-electron chi connectivity index (χ4n) is 2.32. The number of ether oxygens (including phenoxy) is 1. The number of aromatic nitrogens is 3. The number of hydrogen-bond donors (Lipinski definition) is 1. The molecule has 3 rings (SSSR count). The van der Waals surface area contributed by atoms with Gasteiger partial charge in [-0.2, -0.15) is 4.98 Å². The molecule has 3 aromatic rings. The standard InChI is InChI=1S/C17H16Cl2N4O3S/c1-2-26-12-6-8-13(9-7-12)27(24,25)22-17-20-11-23(21-17)10-14-15(18)4-3-5-16(14)19/h3-9,11H,2,10H2,1H3,(H,21,22). The quantitative estimate of drug-likeness (QED) is 0.620. The molecule has 142 valence electrons. The van der Waals surface area contributed by atoms with E-state index in [0.29, 0.717) is 28.0 Å². The summed E-state index contributed by atoms with van der Waals surface area (Å²) in [5.74, 6) is 0.544. The average Bonchev–Trinajstić information content (AvgIpc) is 3.05. The molecule has 0 atom stereocenters. The lowest BCUT2D eigenvalue weighted by Crippen LogP contribution is -2.14. The molecule has 0 fully saturated rings. The predicted molar refractivity (Wildman–Crippen MR) is 104 cm³/mol. The van der Waals surface area contributed by atoms with Crippen LogP contribution >= 0.6 is 23.2 Å². The van der Waals surface area contributed by atoms with Crippen molar-refractivity contribution < 1.29 is 13.2 Å². The van der Waals surface area contributed by atoms with Gasteiger partial charge in [-0.05, 0) is 43.3 Å². The second-order valence-electron chi connectivity index (χ2n) is 5.48. The van der Waals surface area contributed by atoms with Crippen LogP contribution in [0.25, 0.3) is 0 Å². The maximum atomic E-state index is 12.5. The summed E-state index contributed by atoms with van der Waals surface area (Å²) in [5, 5.41) is 5.11. The summed E-state index contributed by atoms with van der Waals surface area (Å²) in [7, 11) is -3.82. The van der Waals surface area contributed by atoms with E-state index in [1.54, 1.807) is 30.3 Å². The van der Waals surface area contributed by atoms with E-state index in [9.17, 15) is 8.42 Å². The Bertz CT molecular complexity index is 1020. The zero-order valence-corrected chi connectivity index (χ0v) is 16.6. The van der Waals surface area contributed by atoms with Crippen molar-refractivity contribution in [3.05, 3.63) is 64.4 Å². The number of nitrogens with one attached hydrogen (secondary N) is 1. The van der Waals surface area contributed by atoms with E-state index in [2.05, 4.69) is 14.8 Å². The number of sulfonamides is 1. The van der Waals surface area contributed by atoms with Crippen LogP contribution in [0.4, 0.5) is 5.95 Å². The van der Waals surface area contributed by atoms with Gasteiger partial charge in [0.25, 0.3) is 16.0 Å². The van der Waals surface area contributed by atoms with Crippen LogP contribution in [0, 0.1) is 0 Å². The molecular formula is C17H16Cl2N4O3S. The van der Waals surface area contributed by atoms with Crippen molar-refractivity contribution in [3.8, 4) is 5.75 Å². The van der Waals surface area contributed by atoms with Crippen molar-refractivity contribution in [2.24, 2.45) is 0 Å². The number of hydrogen-bond acceptors (Lipinski definition) is 5. The number of anilines is 1. The largest absolute Gasteiger partial charge is 0.494 e. The van der Waals surface area contributed by atoms with Crippen molar-refractivity contribution in [1.29, 1.82) is 0 Å². The first-order chi connectivity index (χ1) is 12.9. The molecule has 2 aromatic carbocycles. The fourth-order valence-corrected chi connectivity index (χ4v) is 3.79. The number of nitrogens with zero attached hydrogens (tertiary/aromatic N) is 3. The van der Waals surface area contributed by atoms with Crippen LogP contribution in [0.2, 0.25) is 10.0 Å². The first kappa shape index (κ1) is 19.5. The topological polar surface area (TPSA) is 86.1 Å². The molecule has 0 saturated heterocycles. The molecule has 27 heavy (non-hydrogen) atoms. The Labute approximate surface area is 166 Å². The molecule has 0 bridgehead atoms. The van der Waals surface area contributed by atoms with Crippen molar-refractivity contribution >= 4 is 39.2 Å². The van der Waals surface area contributed by atoms with Crippen molar-refractivity contribution in [2.45, 2.75) is 18.4 Å². The molecule has 1 heterocycles. The molecule has 0 aliphatic carbocycles. The van der Waals surface area contributed by atoms with Gasteiger partial charge in [0.05, 0.1) is 18.0 Å². The van der Waals surface area contributed by atoms with Crippen LogP contribution in [0.3, 0.4) is 0 Å². The third kappa shape index (κ3) is 4.71. The highest BCUT2D eigenvalue weighted by molar-refractivity contribution is 7.92. The Balaban J connectivity index is 1.74. The first-order valence-electron chi connectivity index (χ1n) is 7.97. The van der Waals surface area contributed by atoms with E-state index in [1.807, 2.05) is 6.92 Å². The molecule has 10 heteroatoms. The summed E-state index contributed by atoms with van der Waals surface area (Å²) in [4.78, 5) is 4.06. The van der Waals surface area contributed by atoms with Crippen LogP contribution < -0.4 is 9.46 Å². The van der Waals surface area contributed by atoms with Gasteiger partial charge in [0, 0.05) is 15.6 Å². The van der Waals surface area contributed by atoms with Crippen LogP contribution in [0.1, 0.15) is 12.5 Å². The van der Waals surface area contributed by atoms with E-state index in [1.165, 1.54) is 23.1 Å². The van der Waals surface area contributed by atoms with Crippen molar-refractivity contribution in [1.82, 2.24) is 14.8 Å². The van der Waals surface area contributed by atoms with Crippen LogP contribution in [0.15, 0.2) is 53.7 Å². The number of halogens is 2. The summed E-state index contributed by atoms with van der Waals surface area (Å²) in [6, 6.07) is 11.3. The van der Waals surface area contributed by atoms with E-state index in [0.717, 1.165) is 0 Å². The van der Waals surface area contributed by atoms with Gasteiger partial charge in [0.1, 0.15) is 12.1 Å². The minimum Gasteiger partial charge on any atom is -0.494 e. The van der Waals surface area contributed by atoms with Gasteiger partial charge in [-0.1, -0.05) is 29.3 Å². The summed E-state index contributed by atoms with van der Waals surface area (Å²) in [6.07, 6.45) is 1.40. The summed E-state index contributed by atoms with van der Waals surface area (Å²) in [6.45, 7) is 2.61. The average molecular weight is 427 g/mol. The third-order valence-electron chi connectivity index (χ3n) is 3.59. The predicted octanol–water partition coefficient (Wildman–Crippen LogP) is 3.83. The Morgan fingerprint density at radius 2 is 1.78 bits per heavy atom. The molecule has 0 unspecified atom stereocenters. The lowest BCUT2D eigenvalue weighted by Gasteiger charge is -2.07. The molecule has 0 saturated carbocycles. The Morgan fingerprint density at radius 3 is 2.41 bits per heavy atom. The Kier molecular flexibility index (Phi) is 5.88. The van der Waals surface area contributed by atoms with Gasteiger partial charge in [-0.3, -0.25) is 0 Å². The van der Waals surface area contributed by atoms with E-state index < -0.39 is 10.0 Å². The highest BCUT2D eigenvalue weighted by Gasteiger charge is 2.17. The van der Waals surface area contributed by atoms with Gasteiger partial charge < -0.3 is 4.74 Å². The van der Waals surface area contributed by atoms with E-state index >= 15 is 0 Å². The SMILES string of the molecule is CCOc1ccc(S(=O)(=O)Nc2ncn(Cc3c(Cl)cccc3Cl)n2)cc1. The summed E-state index contributed by atoms with van der Waals surface area (Å²) in [5.41, 5.74) is 0.673. The molecule has 0 aliphatic rings. The number of rotatable bonds is 7. The normalized spacial score (nSPS) is 11.4. The smallest absolute Gasteiger partial charge is 0.264 e. The Hall–Kier alpha value is -2.29. The number of benzene rings is 2. The van der Waals surface area contributed by atoms with Crippen molar-refractivity contribution in [3.63, 3.8) is 0 Å². The van der Waals surface area contributed by atoms with Crippen LogP contribution in [-0.4, -0.2) is 29.8 Å². The third-order valence-corrected chi connectivity index (χ3v) is 5.64. The maximum absolute atomic E-state index is 12.5. The minimum absolute atomic E-state index is 0.0490. The van der Waals surface area contributed by atoms with E-state index in [-0.39, 0.29) is 17.4 Å². The molecule has 1 aromatic heterocycles. The highest BCUT2D eigenvalue weighted by Crippen LogP contribution is 2.25. The molecule has 0 amide bonds. The van der Waals surface area contributed by atoms with Gasteiger partial charge >= 0.3 is 0 Å². The zero-order chi connectivity index (χ0) is 19.4. The van der Waals surface area contributed by atoms with E-state index in [4.69, 9.17) is 27.9 Å². The molecule has 1 N–H and O–H groups in total. The van der Waals surface area contributed by atoms with Gasteiger partial charge in [-0.15, -0.1) is 5.10 Å². The van der Waals surface area contributed by atoms with Gasteiger partial charge in [0.15, 0.2) is 0 Å². The summed E-state index contributed by atoms with van der Waals surface area (Å²) < 4.78 is 34.0. The summed E-state index contributed by atoms with van der Waals surface area (Å²) >= 11 is 12.3. The molecule has 0 aliphatic heterocycles. The highest BCUT2D eigenvalue weighted by atomic mass is 35.5. The zero-order valence-electron chi connectivity index (χ0n) is 14.3. The second kappa shape index (κ2) is 8.16. The van der Waals surface area contributed by atoms with Crippen molar-refractivity contribution in [2.75, 3.05) is 11.3 Å². The van der Waals surface area contributed by atoms with Gasteiger partial charge in [-0.25, -0.2) is 17.8 Å². The molecule has 7 nitrogen and oxygen atoms in total. The first-order valence-corrected chi connectivity index (χ1v) is 10.2. The van der Waals surface area contributed by atoms with Crippen LogP contribution in [0.5, 0.6) is 5.75 Å². The van der Waals surface area contributed by atoms with Crippen LogP contribution in [-0.2, 0) is 16.6 Å². The molecule has 0 spiro atoms.